The van der Waals surface area contributed by atoms with E-state index in [4.69, 9.17) is 14.0 Å². The number of aryl methyl sites for hydroxylation is 2. The van der Waals surface area contributed by atoms with Crippen LogP contribution in [-0.2, 0) is 23.1 Å². The van der Waals surface area contributed by atoms with Gasteiger partial charge in [0.2, 0.25) is 0 Å². The van der Waals surface area contributed by atoms with E-state index in [9.17, 15) is 4.79 Å². The van der Waals surface area contributed by atoms with Gasteiger partial charge in [0.05, 0.1) is 17.4 Å². The summed E-state index contributed by atoms with van der Waals surface area (Å²) in [5.74, 6) is 0.946. The standard InChI is InChI=1S/C18H27N5O4/c1-12-14(10-22(5)20-12)16-19-15(21-27-16)11-25-13-6-8-23(9-7-13)17(24)26-18(2,3)4/h10,13H,6-9,11H2,1-5H3. The molecule has 3 rings (SSSR count). The molecule has 2 aromatic heterocycles. The lowest BCUT2D eigenvalue weighted by molar-refractivity contribution is -0.0190. The first-order valence-electron chi connectivity index (χ1n) is 9.14. The number of piperidine rings is 1. The Kier molecular flexibility index (Phi) is 5.50. The van der Waals surface area contributed by atoms with E-state index in [0.29, 0.717) is 24.8 Å². The molecule has 0 radical (unpaired) electrons. The molecule has 0 aromatic carbocycles. The average Bonchev–Trinajstić information content (AvgIpc) is 3.17. The van der Waals surface area contributed by atoms with Crippen LogP contribution in [0.25, 0.3) is 11.5 Å². The molecular weight excluding hydrogens is 350 g/mol. The summed E-state index contributed by atoms with van der Waals surface area (Å²) in [6, 6.07) is 0. The van der Waals surface area contributed by atoms with E-state index in [1.54, 1.807) is 9.58 Å². The molecule has 1 aliphatic rings. The second-order valence-corrected chi connectivity index (χ2v) is 7.80. The molecule has 0 aliphatic carbocycles. The van der Waals surface area contributed by atoms with Crippen molar-refractivity contribution in [1.29, 1.82) is 0 Å². The Morgan fingerprint density at radius 2 is 2.04 bits per heavy atom. The van der Waals surface area contributed by atoms with E-state index in [-0.39, 0.29) is 18.8 Å². The predicted molar refractivity (Wildman–Crippen MR) is 96.9 cm³/mol. The summed E-state index contributed by atoms with van der Waals surface area (Å²) in [4.78, 5) is 18.2. The first kappa shape index (κ1) is 19.3. The zero-order chi connectivity index (χ0) is 19.6. The van der Waals surface area contributed by atoms with Crippen molar-refractivity contribution in [1.82, 2.24) is 24.8 Å². The lowest BCUT2D eigenvalue weighted by Crippen LogP contribution is -2.43. The number of nitrogens with zero attached hydrogens (tertiary/aromatic N) is 5. The Morgan fingerprint density at radius 1 is 1.33 bits per heavy atom. The number of carbonyl (C=O) groups excluding carboxylic acids is 1. The topological polar surface area (TPSA) is 95.5 Å². The van der Waals surface area contributed by atoms with E-state index >= 15 is 0 Å². The van der Waals surface area contributed by atoms with E-state index < -0.39 is 5.60 Å². The van der Waals surface area contributed by atoms with Gasteiger partial charge in [-0.3, -0.25) is 4.68 Å². The third-order valence-corrected chi connectivity index (χ3v) is 4.25. The van der Waals surface area contributed by atoms with Crippen LogP contribution in [0.4, 0.5) is 4.79 Å². The molecule has 1 saturated heterocycles. The van der Waals surface area contributed by atoms with Crippen LogP contribution in [0.5, 0.6) is 0 Å². The van der Waals surface area contributed by atoms with Crippen molar-refractivity contribution in [3.05, 3.63) is 17.7 Å². The van der Waals surface area contributed by atoms with E-state index in [1.165, 1.54) is 0 Å². The number of aromatic nitrogens is 4. The highest BCUT2D eigenvalue weighted by Gasteiger charge is 2.27. The van der Waals surface area contributed by atoms with Crippen molar-refractivity contribution in [3.8, 4) is 11.5 Å². The third-order valence-electron chi connectivity index (χ3n) is 4.25. The van der Waals surface area contributed by atoms with Crippen LogP contribution in [0.2, 0.25) is 0 Å². The normalized spacial score (nSPS) is 16.0. The van der Waals surface area contributed by atoms with Gasteiger partial charge < -0.3 is 18.9 Å². The van der Waals surface area contributed by atoms with Gasteiger partial charge in [-0.1, -0.05) is 5.16 Å². The van der Waals surface area contributed by atoms with Gasteiger partial charge in [0.1, 0.15) is 12.2 Å². The maximum atomic E-state index is 12.1. The molecule has 0 saturated carbocycles. The third kappa shape index (κ3) is 5.06. The van der Waals surface area contributed by atoms with Crippen LogP contribution in [0, 0.1) is 6.92 Å². The minimum absolute atomic E-state index is 0.0609. The van der Waals surface area contributed by atoms with Crippen molar-refractivity contribution >= 4 is 6.09 Å². The number of ether oxygens (including phenoxy) is 2. The second kappa shape index (κ2) is 7.67. The molecule has 0 atom stereocenters. The fourth-order valence-electron chi connectivity index (χ4n) is 2.96. The van der Waals surface area contributed by atoms with Crippen molar-refractivity contribution in [2.45, 2.75) is 58.8 Å². The molecule has 3 heterocycles. The Hall–Kier alpha value is -2.42. The maximum absolute atomic E-state index is 12.1. The summed E-state index contributed by atoms with van der Waals surface area (Å²) in [5.41, 5.74) is 1.18. The summed E-state index contributed by atoms with van der Waals surface area (Å²) in [7, 11) is 1.85. The van der Waals surface area contributed by atoms with E-state index in [2.05, 4.69) is 15.2 Å². The number of amides is 1. The quantitative estimate of drug-likeness (QED) is 0.808. The highest BCUT2D eigenvalue weighted by atomic mass is 16.6. The number of rotatable bonds is 4. The molecule has 2 aromatic rings. The van der Waals surface area contributed by atoms with Crippen LogP contribution in [0.3, 0.4) is 0 Å². The van der Waals surface area contributed by atoms with Crippen molar-refractivity contribution in [3.63, 3.8) is 0 Å². The molecule has 1 fully saturated rings. The Labute approximate surface area is 158 Å². The average molecular weight is 377 g/mol. The minimum atomic E-state index is -0.479. The van der Waals surface area contributed by atoms with Crippen LogP contribution in [-0.4, -0.2) is 55.7 Å². The molecule has 9 nitrogen and oxygen atoms in total. The molecule has 0 unspecified atom stereocenters. The highest BCUT2D eigenvalue weighted by molar-refractivity contribution is 5.68. The summed E-state index contributed by atoms with van der Waals surface area (Å²) >= 11 is 0. The summed E-state index contributed by atoms with van der Waals surface area (Å²) in [5, 5.41) is 8.25. The molecule has 1 aliphatic heterocycles. The van der Waals surface area contributed by atoms with Gasteiger partial charge in [-0.05, 0) is 40.5 Å². The summed E-state index contributed by atoms with van der Waals surface area (Å²) in [6.07, 6.45) is 3.15. The molecule has 0 N–H and O–H groups in total. The molecule has 0 bridgehead atoms. The van der Waals surface area contributed by atoms with Gasteiger partial charge in [-0.25, -0.2) is 4.79 Å². The van der Waals surface area contributed by atoms with Crippen molar-refractivity contribution in [2.75, 3.05) is 13.1 Å². The summed E-state index contributed by atoms with van der Waals surface area (Å²) < 4.78 is 18.3. The number of likely N-dealkylation sites (tertiary alicyclic amines) is 1. The number of carbonyl (C=O) groups is 1. The highest BCUT2D eigenvalue weighted by Crippen LogP contribution is 2.21. The molecule has 1 amide bonds. The van der Waals surface area contributed by atoms with Gasteiger partial charge in [0, 0.05) is 26.3 Å². The number of hydrogen-bond acceptors (Lipinski definition) is 7. The Bertz CT molecular complexity index is 784. The fraction of sp³-hybridized carbons (Fsp3) is 0.667. The zero-order valence-electron chi connectivity index (χ0n) is 16.6. The SMILES string of the molecule is Cc1nn(C)cc1-c1nc(COC2CCN(C(=O)OC(C)(C)C)CC2)no1. The lowest BCUT2D eigenvalue weighted by Gasteiger charge is -2.33. The molecule has 148 valence electrons. The minimum Gasteiger partial charge on any atom is -0.444 e. The Morgan fingerprint density at radius 3 is 2.63 bits per heavy atom. The van der Waals surface area contributed by atoms with E-state index in [0.717, 1.165) is 24.1 Å². The van der Waals surface area contributed by atoms with E-state index in [1.807, 2.05) is 40.9 Å². The van der Waals surface area contributed by atoms with Crippen LogP contribution in [0.15, 0.2) is 10.7 Å². The van der Waals surface area contributed by atoms with Gasteiger partial charge in [0.25, 0.3) is 5.89 Å². The largest absolute Gasteiger partial charge is 0.444 e. The fourth-order valence-corrected chi connectivity index (χ4v) is 2.96. The summed E-state index contributed by atoms with van der Waals surface area (Å²) in [6.45, 7) is 9.01. The monoisotopic (exact) mass is 377 g/mol. The van der Waals surface area contributed by atoms with Gasteiger partial charge in [0.15, 0.2) is 5.82 Å². The van der Waals surface area contributed by atoms with Gasteiger partial charge in [-0.2, -0.15) is 10.1 Å². The zero-order valence-corrected chi connectivity index (χ0v) is 16.6. The van der Waals surface area contributed by atoms with Crippen LogP contribution >= 0.6 is 0 Å². The van der Waals surface area contributed by atoms with Crippen molar-refractivity contribution in [2.24, 2.45) is 7.05 Å². The van der Waals surface area contributed by atoms with Gasteiger partial charge >= 0.3 is 6.09 Å². The smallest absolute Gasteiger partial charge is 0.410 e. The maximum Gasteiger partial charge on any atom is 0.410 e. The van der Waals surface area contributed by atoms with Crippen LogP contribution in [0.1, 0.15) is 45.1 Å². The first-order valence-corrected chi connectivity index (χ1v) is 9.14. The molecule has 0 spiro atoms. The lowest BCUT2D eigenvalue weighted by atomic mass is 10.1. The van der Waals surface area contributed by atoms with Gasteiger partial charge in [-0.15, -0.1) is 0 Å². The van der Waals surface area contributed by atoms with Crippen molar-refractivity contribution < 1.29 is 18.8 Å². The molecule has 9 heteroatoms. The first-order chi connectivity index (χ1) is 12.7. The van der Waals surface area contributed by atoms with Crippen LogP contribution < -0.4 is 0 Å². The molecular formula is C18H27N5O4. The molecule has 27 heavy (non-hydrogen) atoms. The Balaban J connectivity index is 1.47. The second-order valence-electron chi connectivity index (χ2n) is 7.80. The predicted octanol–water partition coefficient (Wildman–Crippen LogP) is 2.69. The number of hydrogen-bond donors (Lipinski definition) is 0.